The highest BCUT2D eigenvalue weighted by Gasteiger charge is 2.52. The number of esters is 3. The topological polar surface area (TPSA) is 114 Å². The highest BCUT2D eigenvalue weighted by atomic mass is 31.2. The molecule has 0 aromatic heterocycles. The Bertz CT molecular complexity index is 639. The first-order valence-electron chi connectivity index (χ1n) is 13.7. The van der Waals surface area contributed by atoms with Gasteiger partial charge < -0.3 is 23.3 Å². The highest BCUT2D eigenvalue weighted by molar-refractivity contribution is 7.55. The van der Waals surface area contributed by atoms with Gasteiger partial charge in [0.05, 0.1) is 45.4 Å². The van der Waals surface area contributed by atoms with Crippen LogP contribution in [0, 0.1) is 5.92 Å². The lowest BCUT2D eigenvalue weighted by Crippen LogP contribution is -2.40. The van der Waals surface area contributed by atoms with Gasteiger partial charge in [0, 0.05) is 0 Å². The summed E-state index contributed by atoms with van der Waals surface area (Å²) in [5.74, 6) is -3.80. The van der Waals surface area contributed by atoms with Crippen molar-refractivity contribution in [3.63, 3.8) is 0 Å². The minimum atomic E-state index is -4.21. The van der Waals surface area contributed by atoms with Gasteiger partial charge in [-0.3, -0.25) is 18.9 Å². The molecular formula is C26H49O9P. The molecule has 0 bridgehead atoms. The number of ether oxygens (including phenoxy) is 3. The predicted molar refractivity (Wildman–Crippen MR) is 139 cm³/mol. The van der Waals surface area contributed by atoms with Crippen molar-refractivity contribution in [2.24, 2.45) is 5.92 Å². The zero-order valence-corrected chi connectivity index (χ0v) is 24.0. The first-order chi connectivity index (χ1) is 17.3. The fraction of sp³-hybridized carbons (Fsp3) is 0.885. The molecule has 2 atom stereocenters. The third-order valence-corrected chi connectivity index (χ3v) is 7.77. The number of unbranched alkanes of at least 4 members (excludes halogenated alkanes) is 5. The average molecular weight is 537 g/mol. The van der Waals surface area contributed by atoms with E-state index in [1.54, 1.807) is 0 Å². The number of rotatable bonds is 23. The van der Waals surface area contributed by atoms with Crippen LogP contribution in [-0.2, 0) is 42.2 Å². The number of carbonyl (C=O) groups excluding carboxylic acids is 3. The molecule has 10 heteroatoms. The molecule has 0 saturated carbocycles. The summed E-state index contributed by atoms with van der Waals surface area (Å²) in [6.45, 7) is 10.3. The quantitative estimate of drug-likeness (QED) is 0.0650. The van der Waals surface area contributed by atoms with Gasteiger partial charge in [-0.15, -0.1) is 0 Å². The standard InChI is InChI=1S/C26H49O9P/c1-6-11-16-31-23(27)21-22(25(28)32-17-12-7-2)24(26(29)33-18-13-8-3)36(30,34-19-14-9-4)35-20-15-10-5/h22,24H,6-21H2,1-5H3/t22-,24-/m1/s1. The van der Waals surface area contributed by atoms with E-state index in [1.807, 2.05) is 34.6 Å². The molecule has 0 aliphatic rings. The first-order valence-corrected chi connectivity index (χ1v) is 15.3. The molecule has 0 rings (SSSR count). The Balaban J connectivity index is 6.25. The van der Waals surface area contributed by atoms with E-state index in [1.165, 1.54) is 0 Å². The largest absolute Gasteiger partial charge is 0.466 e. The van der Waals surface area contributed by atoms with Crippen molar-refractivity contribution in [2.75, 3.05) is 33.0 Å². The summed E-state index contributed by atoms with van der Waals surface area (Å²) in [6, 6.07) is 0. The second-order valence-corrected chi connectivity index (χ2v) is 10.9. The molecule has 212 valence electrons. The summed E-state index contributed by atoms with van der Waals surface area (Å²) in [6.07, 6.45) is 6.50. The van der Waals surface area contributed by atoms with Crippen LogP contribution in [0.25, 0.3) is 0 Å². The molecular weight excluding hydrogens is 487 g/mol. The maximum absolute atomic E-state index is 14.1. The normalized spacial score (nSPS) is 13.1. The fourth-order valence-corrected chi connectivity index (χ4v) is 5.27. The van der Waals surface area contributed by atoms with Crippen LogP contribution < -0.4 is 0 Å². The van der Waals surface area contributed by atoms with Crippen molar-refractivity contribution in [3.8, 4) is 0 Å². The third kappa shape index (κ3) is 14.3. The second kappa shape index (κ2) is 21.6. The zero-order valence-electron chi connectivity index (χ0n) is 23.1. The fourth-order valence-electron chi connectivity index (χ4n) is 3.10. The smallest absolute Gasteiger partial charge is 0.345 e. The molecule has 0 aliphatic carbocycles. The Hall–Kier alpha value is -1.44. The van der Waals surface area contributed by atoms with Gasteiger partial charge in [-0.25, -0.2) is 0 Å². The van der Waals surface area contributed by atoms with Crippen LogP contribution in [0.3, 0.4) is 0 Å². The van der Waals surface area contributed by atoms with Crippen LogP contribution in [0.2, 0.25) is 0 Å². The van der Waals surface area contributed by atoms with Gasteiger partial charge >= 0.3 is 25.5 Å². The van der Waals surface area contributed by atoms with E-state index >= 15 is 0 Å². The van der Waals surface area contributed by atoms with Gasteiger partial charge in [-0.2, -0.15) is 0 Å². The summed E-state index contributed by atoms with van der Waals surface area (Å²) < 4.78 is 41.6. The van der Waals surface area contributed by atoms with Crippen LogP contribution in [0.15, 0.2) is 0 Å². The molecule has 0 N–H and O–H groups in total. The molecule has 0 aliphatic heterocycles. The molecule has 0 aromatic rings. The molecule has 0 saturated heterocycles. The summed E-state index contributed by atoms with van der Waals surface area (Å²) in [4.78, 5) is 39.2. The molecule has 9 nitrogen and oxygen atoms in total. The van der Waals surface area contributed by atoms with E-state index < -0.39 is 43.5 Å². The molecule has 0 radical (unpaired) electrons. The molecule has 0 fully saturated rings. The van der Waals surface area contributed by atoms with Crippen molar-refractivity contribution >= 4 is 25.5 Å². The number of hydrogen-bond donors (Lipinski definition) is 0. The molecule has 0 heterocycles. The van der Waals surface area contributed by atoms with Gasteiger partial charge in [0.15, 0.2) is 5.66 Å². The Morgan fingerprint density at radius 2 is 0.972 bits per heavy atom. The Kier molecular flexibility index (Phi) is 20.8. The zero-order chi connectivity index (χ0) is 27.2. The van der Waals surface area contributed by atoms with E-state index in [2.05, 4.69) is 0 Å². The van der Waals surface area contributed by atoms with Crippen molar-refractivity contribution < 1.29 is 42.2 Å². The lowest BCUT2D eigenvalue weighted by atomic mass is 10.0. The van der Waals surface area contributed by atoms with Gasteiger partial charge in [-0.1, -0.05) is 66.7 Å². The number of carbonyl (C=O) groups is 3. The number of hydrogen-bond acceptors (Lipinski definition) is 9. The maximum atomic E-state index is 14.1. The second-order valence-electron chi connectivity index (χ2n) is 8.78. The molecule has 0 spiro atoms. The Morgan fingerprint density at radius 3 is 1.42 bits per heavy atom. The third-order valence-electron chi connectivity index (χ3n) is 5.44. The Morgan fingerprint density at radius 1 is 0.583 bits per heavy atom. The Labute approximate surface area is 217 Å². The SMILES string of the molecule is CCCCOC(=O)C[C@@H](C(=O)OCCCC)[C@H](C(=O)OCCCC)P(=O)(OCCCC)OCCCC. The minimum absolute atomic E-state index is 0.0805. The minimum Gasteiger partial charge on any atom is -0.466 e. The lowest BCUT2D eigenvalue weighted by molar-refractivity contribution is -0.159. The summed E-state index contributed by atoms with van der Waals surface area (Å²) >= 11 is 0. The lowest BCUT2D eigenvalue weighted by Gasteiger charge is -2.30. The summed E-state index contributed by atoms with van der Waals surface area (Å²) in [5, 5.41) is 0. The van der Waals surface area contributed by atoms with E-state index in [0.29, 0.717) is 32.1 Å². The van der Waals surface area contributed by atoms with Crippen molar-refractivity contribution in [3.05, 3.63) is 0 Å². The summed E-state index contributed by atoms with van der Waals surface area (Å²) in [5.41, 5.74) is -1.63. The van der Waals surface area contributed by atoms with Crippen LogP contribution >= 0.6 is 7.60 Å². The predicted octanol–water partition coefficient (Wildman–Crippen LogP) is 6.22. The monoisotopic (exact) mass is 536 g/mol. The molecule has 36 heavy (non-hydrogen) atoms. The molecule has 0 aromatic carbocycles. The van der Waals surface area contributed by atoms with Gasteiger partial charge in [0.1, 0.15) is 0 Å². The van der Waals surface area contributed by atoms with Gasteiger partial charge in [-0.05, 0) is 32.1 Å². The van der Waals surface area contributed by atoms with Crippen LogP contribution in [0.4, 0.5) is 0 Å². The van der Waals surface area contributed by atoms with Crippen molar-refractivity contribution in [1.82, 2.24) is 0 Å². The first kappa shape index (κ1) is 34.6. The average Bonchev–Trinajstić information content (AvgIpc) is 2.84. The van der Waals surface area contributed by atoms with E-state index in [9.17, 15) is 18.9 Å². The molecule has 0 amide bonds. The van der Waals surface area contributed by atoms with Gasteiger partial charge in [0.2, 0.25) is 0 Å². The van der Waals surface area contributed by atoms with Crippen LogP contribution in [-0.4, -0.2) is 56.6 Å². The highest BCUT2D eigenvalue weighted by Crippen LogP contribution is 2.57. The van der Waals surface area contributed by atoms with Crippen LogP contribution in [0.5, 0.6) is 0 Å². The van der Waals surface area contributed by atoms with E-state index in [-0.39, 0.29) is 33.0 Å². The van der Waals surface area contributed by atoms with Gasteiger partial charge in [0.25, 0.3) is 0 Å². The van der Waals surface area contributed by atoms with E-state index in [4.69, 9.17) is 23.3 Å². The van der Waals surface area contributed by atoms with Crippen molar-refractivity contribution in [2.45, 2.75) is 111 Å². The molecule has 0 unspecified atom stereocenters. The summed E-state index contributed by atoms with van der Waals surface area (Å²) in [7, 11) is -4.21. The maximum Gasteiger partial charge on any atom is 0.345 e. The van der Waals surface area contributed by atoms with Crippen molar-refractivity contribution in [1.29, 1.82) is 0 Å². The van der Waals surface area contributed by atoms with E-state index in [0.717, 1.165) is 32.1 Å². The van der Waals surface area contributed by atoms with Crippen LogP contribution in [0.1, 0.15) is 105 Å².